The van der Waals surface area contributed by atoms with Crippen molar-refractivity contribution in [2.45, 2.75) is 19.3 Å². The predicted octanol–water partition coefficient (Wildman–Crippen LogP) is 0.184. The Bertz CT molecular complexity index is 665. The topological polar surface area (TPSA) is 89.1 Å². The van der Waals surface area contributed by atoms with E-state index in [-0.39, 0.29) is 11.4 Å². The molecule has 21 heavy (non-hydrogen) atoms. The molecule has 0 amide bonds. The molecule has 1 N–H and O–H groups in total. The van der Waals surface area contributed by atoms with Gasteiger partial charge in [-0.2, -0.15) is 5.26 Å². The Hall–Kier alpha value is -2.07. The van der Waals surface area contributed by atoms with Crippen LogP contribution >= 0.6 is 0 Å². The molecule has 0 aromatic carbocycles. The largest absolute Gasteiger partial charge is 0.381 e. The van der Waals surface area contributed by atoms with Gasteiger partial charge in [0.15, 0.2) is 5.56 Å². The lowest BCUT2D eigenvalue weighted by Gasteiger charge is -2.13. The second-order valence-electron chi connectivity index (χ2n) is 5.34. The van der Waals surface area contributed by atoms with Crippen molar-refractivity contribution in [3.8, 4) is 6.07 Å². The summed E-state index contributed by atoms with van der Waals surface area (Å²) >= 11 is 0. The highest BCUT2D eigenvalue weighted by Crippen LogP contribution is 2.28. The van der Waals surface area contributed by atoms with Crippen LogP contribution in [0.2, 0.25) is 0 Å². The third-order valence-corrected chi connectivity index (χ3v) is 3.58. The van der Waals surface area contributed by atoms with Gasteiger partial charge in [0.05, 0.1) is 0 Å². The number of anilines is 1. The fraction of sp³-hybridized carbons (Fsp3) is 0.643. The van der Waals surface area contributed by atoms with Gasteiger partial charge in [-0.1, -0.05) is 0 Å². The molecule has 0 atom stereocenters. The third kappa shape index (κ3) is 3.52. The zero-order valence-corrected chi connectivity index (χ0v) is 12.4. The fourth-order valence-electron chi connectivity index (χ4n) is 2.07. The van der Waals surface area contributed by atoms with Crippen molar-refractivity contribution in [2.24, 2.45) is 20.0 Å². The summed E-state index contributed by atoms with van der Waals surface area (Å²) < 4.78 is 7.73. The van der Waals surface area contributed by atoms with Crippen LogP contribution in [-0.2, 0) is 18.8 Å². The summed E-state index contributed by atoms with van der Waals surface area (Å²) in [6, 6.07) is 1.86. The quantitative estimate of drug-likeness (QED) is 0.724. The first-order chi connectivity index (χ1) is 10.1. The van der Waals surface area contributed by atoms with Crippen LogP contribution in [0.15, 0.2) is 9.59 Å². The van der Waals surface area contributed by atoms with Crippen LogP contribution in [0.3, 0.4) is 0 Å². The minimum absolute atomic E-state index is 0.0431. The van der Waals surface area contributed by atoms with Crippen LogP contribution in [-0.4, -0.2) is 28.9 Å². The highest BCUT2D eigenvalue weighted by atomic mass is 16.5. The van der Waals surface area contributed by atoms with Gasteiger partial charge in [-0.3, -0.25) is 13.9 Å². The summed E-state index contributed by atoms with van der Waals surface area (Å²) in [5, 5.41) is 12.1. The molecule has 7 nitrogen and oxygen atoms in total. The number of hydrogen-bond acceptors (Lipinski definition) is 5. The zero-order valence-electron chi connectivity index (χ0n) is 12.4. The molecule has 1 saturated carbocycles. The maximum absolute atomic E-state index is 11.9. The van der Waals surface area contributed by atoms with Crippen molar-refractivity contribution in [1.82, 2.24) is 9.13 Å². The Morgan fingerprint density at radius 2 is 2.05 bits per heavy atom. The number of rotatable bonds is 7. The van der Waals surface area contributed by atoms with E-state index in [4.69, 9.17) is 10.00 Å². The van der Waals surface area contributed by atoms with E-state index in [9.17, 15) is 9.59 Å². The molecule has 0 saturated heterocycles. The van der Waals surface area contributed by atoms with Crippen LogP contribution in [0.1, 0.15) is 24.8 Å². The molecule has 1 fully saturated rings. The Morgan fingerprint density at radius 3 is 2.67 bits per heavy atom. The van der Waals surface area contributed by atoms with E-state index < -0.39 is 11.2 Å². The Labute approximate surface area is 122 Å². The van der Waals surface area contributed by atoms with Gasteiger partial charge in [0, 0.05) is 33.9 Å². The van der Waals surface area contributed by atoms with Crippen molar-refractivity contribution in [1.29, 1.82) is 5.26 Å². The first kappa shape index (κ1) is 15.3. The minimum Gasteiger partial charge on any atom is -0.381 e. The van der Waals surface area contributed by atoms with Crippen molar-refractivity contribution in [3.05, 3.63) is 26.4 Å². The smallest absolute Gasteiger partial charge is 0.332 e. The highest BCUT2D eigenvalue weighted by Gasteiger charge is 2.20. The Balaban J connectivity index is 1.97. The lowest BCUT2D eigenvalue weighted by atomic mass is 10.3. The average Bonchev–Trinajstić information content (AvgIpc) is 3.29. The van der Waals surface area contributed by atoms with Crippen LogP contribution in [0, 0.1) is 17.2 Å². The fourth-order valence-corrected chi connectivity index (χ4v) is 2.07. The van der Waals surface area contributed by atoms with Crippen LogP contribution in [0.25, 0.3) is 0 Å². The van der Waals surface area contributed by atoms with Crippen LogP contribution < -0.4 is 16.6 Å². The average molecular weight is 292 g/mol. The predicted molar refractivity (Wildman–Crippen MR) is 78.3 cm³/mol. The van der Waals surface area contributed by atoms with E-state index in [1.165, 1.54) is 31.5 Å². The summed E-state index contributed by atoms with van der Waals surface area (Å²) in [6.07, 6.45) is 3.28. The lowest BCUT2D eigenvalue weighted by Crippen LogP contribution is -2.40. The van der Waals surface area contributed by atoms with Crippen LogP contribution in [0.4, 0.5) is 5.82 Å². The molecule has 0 bridgehead atoms. The van der Waals surface area contributed by atoms with E-state index in [1.807, 2.05) is 6.07 Å². The summed E-state index contributed by atoms with van der Waals surface area (Å²) in [5.74, 6) is 1.01. The molecule has 0 radical (unpaired) electrons. The molecule has 1 aromatic heterocycles. The molecular weight excluding hydrogens is 272 g/mol. The highest BCUT2D eigenvalue weighted by molar-refractivity contribution is 5.51. The number of nitriles is 1. The molecule has 1 heterocycles. The van der Waals surface area contributed by atoms with Crippen molar-refractivity contribution in [2.75, 3.05) is 25.1 Å². The van der Waals surface area contributed by atoms with E-state index in [1.54, 1.807) is 0 Å². The van der Waals surface area contributed by atoms with Gasteiger partial charge in [0.1, 0.15) is 11.9 Å². The van der Waals surface area contributed by atoms with Gasteiger partial charge in [0.2, 0.25) is 0 Å². The number of hydrogen-bond donors (Lipinski definition) is 1. The Kier molecular flexibility index (Phi) is 4.81. The maximum Gasteiger partial charge on any atom is 0.332 e. The second kappa shape index (κ2) is 6.59. The number of aromatic nitrogens is 2. The van der Waals surface area contributed by atoms with Gasteiger partial charge in [-0.25, -0.2) is 4.79 Å². The summed E-state index contributed by atoms with van der Waals surface area (Å²) in [7, 11) is 2.90. The molecule has 1 aliphatic carbocycles. The maximum atomic E-state index is 11.9. The molecule has 114 valence electrons. The monoisotopic (exact) mass is 292 g/mol. The number of ether oxygens (including phenoxy) is 1. The van der Waals surface area contributed by atoms with Crippen molar-refractivity contribution >= 4 is 5.82 Å². The summed E-state index contributed by atoms with van der Waals surface area (Å²) in [6.45, 7) is 1.98. The van der Waals surface area contributed by atoms with Gasteiger partial charge in [0.25, 0.3) is 5.56 Å². The molecule has 7 heteroatoms. The van der Waals surface area contributed by atoms with Gasteiger partial charge in [-0.05, 0) is 25.2 Å². The molecule has 0 unspecified atom stereocenters. The van der Waals surface area contributed by atoms with Gasteiger partial charge >= 0.3 is 5.69 Å². The second-order valence-corrected chi connectivity index (χ2v) is 5.34. The summed E-state index contributed by atoms with van der Waals surface area (Å²) in [5.41, 5.74) is -1.07. The third-order valence-electron chi connectivity index (χ3n) is 3.58. The molecule has 1 aliphatic rings. The molecule has 1 aromatic rings. The van der Waals surface area contributed by atoms with E-state index in [0.717, 1.165) is 23.5 Å². The molecule has 0 aliphatic heterocycles. The van der Waals surface area contributed by atoms with E-state index >= 15 is 0 Å². The van der Waals surface area contributed by atoms with Gasteiger partial charge < -0.3 is 10.1 Å². The molecular formula is C14H20N4O3. The van der Waals surface area contributed by atoms with E-state index in [2.05, 4.69) is 5.32 Å². The van der Waals surface area contributed by atoms with E-state index in [0.29, 0.717) is 13.2 Å². The normalized spacial score (nSPS) is 14.0. The number of nitrogens with zero attached hydrogens (tertiary/aromatic N) is 3. The first-order valence-electron chi connectivity index (χ1n) is 7.08. The molecule has 0 spiro atoms. The minimum atomic E-state index is -0.576. The van der Waals surface area contributed by atoms with Crippen LogP contribution in [0.5, 0.6) is 0 Å². The SMILES string of the molecule is Cn1c(NCCCOCC2CC2)c(C#N)c(=O)n(C)c1=O. The Morgan fingerprint density at radius 1 is 1.33 bits per heavy atom. The van der Waals surface area contributed by atoms with Crippen molar-refractivity contribution < 1.29 is 4.74 Å². The first-order valence-corrected chi connectivity index (χ1v) is 7.08. The standard InChI is InChI=1S/C14H20N4O3/c1-17-12(11(8-15)13(19)18(2)14(17)20)16-6-3-7-21-9-10-4-5-10/h10,16H,3-7,9H2,1-2H3. The summed E-state index contributed by atoms with van der Waals surface area (Å²) in [4.78, 5) is 23.7. The zero-order chi connectivity index (χ0) is 15.4. The van der Waals surface area contributed by atoms with Crippen molar-refractivity contribution in [3.63, 3.8) is 0 Å². The van der Waals surface area contributed by atoms with Gasteiger partial charge in [-0.15, -0.1) is 0 Å². The number of nitrogens with one attached hydrogen (secondary N) is 1. The molecule has 2 rings (SSSR count). The lowest BCUT2D eigenvalue weighted by molar-refractivity contribution is 0.124.